The van der Waals surface area contributed by atoms with E-state index in [4.69, 9.17) is 10.3 Å². The summed E-state index contributed by atoms with van der Waals surface area (Å²) in [7, 11) is 0. The number of nitrogens with two attached hydrogens (primary N) is 1. The zero-order chi connectivity index (χ0) is 20.6. The molecule has 2 heterocycles. The van der Waals surface area contributed by atoms with Crippen molar-refractivity contribution in [2.75, 3.05) is 17.2 Å². The molecular weight excluding hydrogens is 400 g/mol. The van der Waals surface area contributed by atoms with E-state index in [0.29, 0.717) is 30.2 Å². The maximum Gasteiger partial charge on any atom is 0.258 e. The molecule has 30 heavy (non-hydrogen) atoms. The highest BCUT2D eigenvalue weighted by Gasteiger charge is 2.25. The summed E-state index contributed by atoms with van der Waals surface area (Å²) >= 11 is 0. The van der Waals surface area contributed by atoms with Gasteiger partial charge in [0, 0.05) is 35.5 Å². The molecule has 0 spiro atoms. The van der Waals surface area contributed by atoms with E-state index in [1.54, 1.807) is 0 Å². The van der Waals surface area contributed by atoms with Crippen LogP contribution in [0.2, 0.25) is 0 Å². The third-order valence-electron chi connectivity index (χ3n) is 5.07. The molecule has 2 N–H and O–H groups in total. The fourth-order valence-corrected chi connectivity index (χ4v) is 3.68. The first-order valence-corrected chi connectivity index (χ1v) is 9.94. The van der Waals surface area contributed by atoms with Crippen LogP contribution in [-0.2, 0) is 12.8 Å². The van der Waals surface area contributed by atoms with Crippen molar-refractivity contribution in [3.63, 3.8) is 0 Å². The van der Waals surface area contributed by atoms with Gasteiger partial charge in [-0.2, -0.15) is 4.98 Å². The molecule has 2 aromatic carbocycles. The van der Waals surface area contributed by atoms with Gasteiger partial charge in [-0.15, -0.1) is 12.4 Å². The minimum Gasteiger partial charge on any atom is -0.398 e. The van der Waals surface area contributed by atoms with Crippen LogP contribution in [-0.4, -0.2) is 22.6 Å². The van der Waals surface area contributed by atoms with E-state index >= 15 is 0 Å². The summed E-state index contributed by atoms with van der Waals surface area (Å²) in [4.78, 5) is 19.4. The number of aromatic nitrogens is 2. The summed E-state index contributed by atoms with van der Waals surface area (Å²) in [6.07, 6.45) is 2.53. The van der Waals surface area contributed by atoms with Crippen LogP contribution in [0.25, 0.3) is 11.4 Å². The zero-order valence-corrected chi connectivity index (χ0v) is 18.3. The molecule has 0 radical (unpaired) electrons. The lowest BCUT2D eigenvalue weighted by Gasteiger charge is -2.30. The molecule has 0 atom stereocenters. The van der Waals surface area contributed by atoms with Crippen LogP contribution < -0.4 is 10.6 Å². The van der Waals surface area contributed by atoms with E-state index in [0.717, 1.165) is 35.3 Å². The van der Waals surface area contributed by atoms with Crippen LogP contribution in [0.15, 0.2) is 47.0 Å². The molecule has 0 saturated heterocycles. The number of anilines is 2. The molecule has 1 aliphatic rings. The Morgan fingerprint density at radius 1 is 1.17 bits per heavy atom. The van der Waals surface area contributed by atoms with Crippen LogP contribution in [0.1, 0.15) is 49.0 Å². The number of nitrogen functional groups attached to an aromatic ring is 1. The molecule has 1 aliphatic heterocycles. The topological polar surface area (TPSA) is 85.2 Å². The highest BCUT2D eigenvalue weighted by atomic mass is 35.5. The fourth-order valence-electron chi connectivity index (χ4n) is 3.68. The first-order valence-electron chi connectivity index (χ1n) is 9.94. The van der Waals surface area contributed by atoms with Crippen molar-refractivity contribution in [3.8, 4) is 11.4 Å². The highest BCUT2D eigenvalue weighted by molar-refractivity contribution is 6.07. The first-order chi connectivity index (χ1) is 13.8. The van der Waals surface area contributed by atoms with Gasteiger partial charge < -0.3 is 15.2 Å². The number of carbonyl (C=O) groups is 1. The lowest BCUT2D eigenvalue weighted by atomic mass is 9.92. The smallest absolute Gasteiger partial charge is 0.258 e. The Balaban J connectivity index is 0.00000256. The molecule has 0 bridgehead atoms. The number of hydrogen-bond donors (Lipinski definition) is 1. The van der Waals surface area contributed by atoms with Gasteiger partial charge in [-0.1, -0.05) is 44.1 Å². The number of hydrogen-bond acceptors (Lipinski definition) is 5. The highest BCUT2D eigenvalue weighted by Crippen LogP contribution is 2.32. The first kappa shape index (κ1) is 21.8. The van der Waals surface area contributed by atoms with Crippen molar-refractivity contribution in [1.82, 2.24) is 10.1 Å². The summed E-state index contributed by atoms with van der Waals surface area (Å²) in [5, 5.41) is 4.08. The number of fused-ring (bicyclic) bond motifs is 1. The van der Waals surface area contributed by atoms with Gasteiger partial charge in [0.25, 0.3) is 5.91 Å². The molecule has 158 valence electrons. The number of nitrogens with zero attached hydrogens (tertiary/aromatic N) is 3. The van der Waals surface area contributed by atoms with E-state index in [1.165, 1.54) is 0 Å². The van der Waals surface area contributed by atoms with Crippen molar-refractivity contribution < 1.29 is 9.32 Å². The molecule has 4 rings (SSSR count). The van der Waals surface area contributed by atoms with Crippen LogP contribution in [0, 0.1) is 5.41 Å². The normalized spacial score (nSPS) is 13.5. The van der Waals surface area contributed by atoms with Crippen molar-refractivity contribution in [1.29, 1.82) is 0 Å². The maximum absolute atomic E-state index is 13.1. The van der Waals surface area contributed by atoms with Gasteiger partial charge in [-0.3, -0.25) is 4.79 Å². The van der Waals surface area contributed by atoms with Crippen LogP contribution in [0.3, 0.4) is 0 Å². The van der Waals surface area contributed by atoms with Crippen molar-refractivity contribution in [2.24, 2.45) is 5.41 Å². The molecule has 1 aromatic heterocycles. The zero-order valence-electron chi connectivity index (χ0n) is 17.5. The number of amides is 1. The quantitative estimate of drug-likeness (QED) is 0.600. The van der Waals surface area contributed by atoms with Crippen LogP contribution >= 0.6 is 12.4 Å². The van der Waals surface area contributed by atoms with E-state index in [9.17, 15) is 4.79 Å². The molecule has 7 heteroatoms. The molecular formula is C23H27ClN4O2. The molecule has 1 amide bonds. The summed E-state index contributed by atoms with van der Waals surface area (Å²) in [6.45, 7) is 7.08. The monoisotopic (exact) mass is 426 g/mol. The standard InChI is InChI=1S/C23H26N4O2.ClH/c1-23(2,3)14-20-25-21(26-29-20)15-9-11-16(12-10-15)22(28)27-13-5-6-17-18(24)7-4-8-19(17)27;/h4,7-12H,5-6,13-14,24H2,1-3H3;1H. The second kappa shape index (κ2) is 8.48. The Bertz CT molecular complexity index is 1040. The van der Waals surface area contributed by atoms with E-state index in [1.807, 2.05) is 47.4 Å². The largest absolute Gasteiger partial charge is 0.398 e. The lowest BCUT2D eigenvalue weighted by molar-refractivity contribution is 0.0985. The Morgan fingerprint density at radius 3 is 2.60 bits per heavy atom. The van der Waals surface area contributed by atoms with Crippen LogP contribution in [0.4, 0.5) is 11.4 Å². The van der Waals surface area contributed by atoms with E-state index < -0.39 is 0 Å². The fraction of sp³-hybridized carbons (Fsp3) is 0.348. The Morgan fingerprint density at radius 2 is 1.90 bits per heavy atom. The molecule has 6 nitrogen and oxygen atoms in total. The van der Waals surface area contributed by atoms with Gasteiger partial charge in [-0.25, -0.2) is 0 Å². The number of carbonyl (C=O) groups excluding carboxylic acids is 1. The maximum atomic E-state index is 13.1. The van der Waals surface area contributed by atoms with E-state index in [2.05, 4.69) is 30.9 Å². The Kier molecular flexibility index (Phi) is 6.17. The molecule has 0 saturated carbocycles. The predicted molar refractivity (Wildman–Crippen MR) is 121 cm³/mol. The van der Waals surface area contributed by atoms with Gasteiger partial charge in [0.1, 0.15) is 0 Å². The molecule has 0 unspecified atom stereocenters. The lowest BCUT2D eigenvalue weighted by Crippen LogP contribution is -2.35. The predicted octanol–water partition coefficient (Wildman–Crippen LogP) is 4.92. The third kappa shape index (κ3) is 4.49. The minimum atomic E-state index is -0.0235. The van der Waals surface area contributed by atoms with Crippen molar-refractivity contribution >= 4 is 29.7 Å². The Hall–Kier alpha value is -2.86. The van der Waals surface area contributed by atoms with Crippen molar-refractivity contribution in [2.45, 2.75) is 40.0 Å². The van der Waals surface area contributed by atoms with Gasteiger partial charge in [-0.05, 0) is 48.1 Å². The second-order valence-corrected chi connectivity index (χ2v) is 8.73. The van der Waals surface area contributed by atoms with Crippen molar-refractivity contribution in [3.05, 3.63) is 59.5 Å². The number of benzene rings is 2. The van der Waals surface area contributed by atoms with Gasteiger partial charge in [0.05, 0.1) is 0 Å². The van der Waals surface area contributed by atoms with E-state index in [-0.39, 0.29) is 23.7 Å². The number of rotatable bonds is 3. The van der Waals surface area contributed by atoms with Crippen LogP contribution in [0.5, 0.6) is 0 Å². The minimum absolute atomic E-state index is 0. The number of halogens is 1. The SMILES string of the molecule is CC(C)(C)Cc1nc(-c2ccc(C(=O)N3CCCc4c(N)cccc43)cc2)no1.Cl. The molecule has 0 fully saturated rings. The third-order valence-corrected chi connectivity index (χ3v) is 5.07. The molecule has 3 aromatic rings. The summed E-state index contributed by atoms with van der Waals surface area (Å²) in [5.41, 5.74) is 10.4. The summed E-state index contributed by atoms with van der Waals surface area (Å²) < 4.78 is 5.37. The average Bonchev–Trinajstić information content (AvgIpc) is 3.14. The average molecular weight is 427 g/mol. The molecule has 0 aliphatic carbocycles. The van der Waals surface area contributed by atoms with Gasteiger partial charge >= 0.3 is 0 Å². The van der Waals surface area contributed by atoms with Gasteiger partial charge in [0.2, 0.25) is 11.7 Å². The second-order valence-electron chi connectivity index (χ2n) is 8.73. The van der Waals surface area contributed by atoms with Gasteiger partial charge in [0.15, 0.2) is 0 Å². The summed E-state index contributed by atoms with van der Waals surface area (Å²) in [6, 6.07) is 13.1. The Labute approximate surface area is 182 Å². The summed E-state index contributed by atoms with van der Waals surface area (Å²) in [5.74, 6) is 1.14.